The molecule has 0 saturated heterocycles. The van der Waals surface area contributed by atoms with Gasteiger partial charge in [0.15, 0.2) is 0 Å². The molecule has 102 valence electrons. The van der Waals surface area contributed by atoms with Crippen LogP contribution in [0.4, 0.5) is 5.69 Å². The number of aryl methyl sites for hydroxylation is 1. The molecular weight excluding hydrogens is 310 g/mol. The molecule has 19 heavy (non-hydrogen) atoms. The van der Waals surface area contributed by atoms with Crippen molar-refractivity contribution in [3.63, 3.8) is 0 Å². The Balaban J connectivity index is 2.12. The van der Waals surface area contributed by atoms with Gasteiger partial charge in [-0.2, -0.15) is 0 Å². The number of carbonyl (C=O) groups excluding carboxylic acids is 1. The minimum absolute atomic E-state index is 0.189. The second kappa shape index (κ2) is 5.74. The zero-order chi connectivity index (χ0) is 14.0. The molecule has 2 unspecified atom stereocenters. The van der Waals surface area contributed by atoms with E-state index in [1.165, 1.54) is 0 Å². The minimum Gasteiger partial charge on any atom is -0.481 e. The zero-order valence-electron chi connectivity index (χ0n) is 10.6. The van der Waals surface area contributed by atoms with Crippen molar-refractivity contribution >= 4 is 33.5 Å². The van der Waals surface area contributed by atoms with Gasteiger partial charge in [0.05, 0.1) is 11.8 Å². The van der Waals surface area contributed by atoms with Gasteiger partial charge in [-0.3, -0.25) is 9.59 Å². The van der Waals surface area contributed by atoms with Crippen molar-refractivity contribution in [3.8, 4) is 0 Å². The van der Waals surface area contributed by atoms with E-state index in [0.29, 0.717) is 12.8 Å². The van der Waals surface area contributed by atoms with E-state index in [-0.39, 0.29) is 5.91 Å². The molecule has 2 rings (SSSR count). The maximum Gasteiger partial charge on any atom is 0.307 e. The van der Waals surface area contributed by atoms with Gasteiger partial charge in [0, 0.05) is 10.2 Å². The molecule has 1 aliphatic rings. The van der Waals surface area contributed by atoms with Gasteiger partial charge in [-0.25, -0.2) is 0 Å². The van der Waals surface area contributed by atoms with Crippen LogP contribution in [0.5, 0.6) is 0 Å². The Morgan fingerprint density at radius 1 is 1.32 bits per heavy atom. The first kappa shape index (κ1) is 14.1. The van der Waals surface area contributed by atoms with Crippen molar-refractivity contribution in [2.45, 2.75) is 26.2 Å². The molecule has 1 fully saturated rings. The Morgan fingerprint density at radius 2 is 2.00 bits per heavy atom. The van der Waals surface area contributed by atoms with Crippen LogP contribution < -0.4 is 5.32 Å². The summed E-state index contributed by atoms with van der Waals surface area (Å²) in [7, 11) is 0. The number of anilines is 1. The molecule has 1 aromatic rings. The van der Waals surface area contributed by atoms with Crippen molar-refractivity contribution in [1.82, 2.24) is 0 Å². The minimum atomic E-state index is -0.872. The number of carboxylic acid groups (broad SMARTS) is 1. The van der Waals surface area contributed by atoms with Gasteiger partial charge >= 0.3 is 5.97 Å². The van der Waals surface area contributed by atoms with Crippen LogP contribution in [0, 0.1) is 18.8 Å². The Kier molecular flexibility index (Phi) is 4.24. The van der Waals surface area contributed by atoms with Crippen molar-refractivity contribution < 1.29 is 14.7 Å². The number of aliphatic carboxylic acids is 1. The lowest BCUT2D eigenvalue weighted by molar-refractivity contribution is -0.145. The summed E-state index contributed by atoms with van der Waals surface area (Å²) in [5, 5.41) is 12.0. The third kappa shape index (κ3) is 3.15. The lowest BCUT2D eigenvalue weighted by atomic mass is 9.95. The predicted octanol–water partition coefficient (Wildman–Crippen LogP) is 3.20. The van der Waals surface area contributed by atoms with Gasteiger partial charge in [0.25, 0.3) is 0 Å². The normalized spacial score (nSPS) is 22.2. The average molecular weight is 326 g/mol. The molecule has 0 heterocycles. The summed E-state index contributed by atoms with van der Waals surface area (Å²) in [6.45, 7) is 1.91. The van der Waals surface area contributed by atoms with Crippen LogP contribution in [0.15, 0.2) is 22.7 Å². The van der Waals surface area contributed by atoms with Crippen LogP contribution in [0.25, 0.3) is 0 Å². The zero-order valence-corrected chi connectivity index (χ0v) is 12.2. The molecule has 2 N–H and O–H groups in total. The highest BCUT2D eigenvalue weighted by atomic mass is 79.9. The van der Waals surface area contributed by atoms with E-state index in [9.17, 15) is 9.59 Å². The number of carboxylic acids is 1. The van der Waals surface area contributed by atoms with Crippen LogP contribution >= 0.6 is 15.9 Å². The van der Waals surface area contributed by atoms with Crippen molar-refractivity contribution in [3.05, 3.63) is 28.2 Å². The summed E-state index contributed by atoms with van der Waals surface area (Å²) in [6.07, 6.45) is 2.03. The summed E-state index contributed by atoms with van der Waals surface area (Å²) in [5.41, 5.74) is 1.69. The number of rotatable bonds is 3. The van der Waals surface area contributed by atoms with Crippen LogP contribution in [0.1, 0.15) is 24.8 Å². The van der Waals surface area contributed by atoms with E-state index < -0.39 is 17.8 Å². The fraction of sp³-hybridized carbons (Fsp3) is 0.429. The Bertz CT molecular complexity index is 515. The summed E-state index contributed by atoms with van der Waals surface area (Å²) in [4.78, 5) is 23.3. The molecule has 0 spiro atoms. The maximum absolute atomic E-state index is 12.2. The van der Waals surface area contributed by atoms with E-state index in [4.69, 9.17) is 5.11 Å². The summed E-state index contributed by atoms with van der Waals surface area (Å²) in [6, 6.07) is 5.64. The first-order valence-corrected chi connectivity index (χ1v) is 7.08. The number of benzene rings is 1. The monoisotopic (exact) mass is 325 g/mol. The van der Waals surface area contributed by atoms with E-state index in [2.05, 4.69) is 21.2 Å². The van der Waals surface area contributed by atoms with Crippen molar-refractivity contribution in [2.75, 3.05) is 5.32 Å². The smallest absolute Gasteiger partial charge is 0.307 e. The molecule has 0 aromatic heterocycles. The fourth-order valence-corrected chi connectivity index (χ4v) is 2.88. The number of halogens is 1. The van der Waals surface area contributed by atoms with Crippen LogP contribution in [0.2, 0.25) is 0 Å². The third-order valence-electron chi connectivity index (χ3n) is 3.63. The molecular formula is C14H16BrNO3. The summed E-state index contributed by atoms with van der Waals surface area (Å²) < 4.78 is 0.884. The maximum atomic E-state index is 12.2. The lowest BCUT2D eigenvalue weighted by Crippen LogP contribution is -2.30. The molecule has 5 heteroatoms. The van der Waals surface area contributed by atoms with Gasteiger partial charge in [-0.05, 0) is 37.5 Å². The van der Waals surface area contributed by atoms with E-state index in [1.54, 1.807) is 0 Å². The Labute approximate surface area is 120 Å². The highest BCUT2D eigenvalue weighted by molar-refractivity contribution is 9.10. The van der Waals surface area contributed by atoms with Gasteiger partial charge in [-0.1, -0.05) is 28.4 Å². The first-order chi connectivity index (χ1) is 8.99. The van der Waals surface area contributed by atoms with Crippen LogP contribution in [0.3, 0.4) is 0 Å². The lowest BCUT2D eigenvalue weighted by Gasteiger charge is -2.16. The fourth-order valence-electron chi connectivity index (χ4n) is 2.52. The predicted molar refractivity (Wildman–Crippen MR) is 76.0 cm³/mol. The van der Waals surface area contributed by atoms with E-state index in [1.807, 2.05) is 25.1 Å². The van der Waals surface area contributed by atoms with Crippen molar-refractivity contribution in [2.24, 2.45) is 11.8 Å². The quantitative estimate of drug-likeness (QED) is 0.896. The number of amides is 1. The number of hydrogen-bond acceptors (Lipinski definition) is 2. The number of carbonyl (C=O) groups is 2. The topological polar surface area (TPSA) is 66.4 Å². The standard InChI is InChI=1S/C14H16BrNO3/c1-8-5-6-9(15)7-12(8)16-13(17)10-3-2-4-11(10)14(18)19/h5-7,10-11H,2-4H2,1H3,(H,16,17)(H,18,19). The highest BCUT2D eigenvalue weighted by Gasteiger charge is 2.37. The van der Waals surface area contributed by atoms with Crippen LogP contribution in [-0.2, 0) is 9.59 Å². The second-order valence-electron chi connectivity index (χ2n) is 4.93. The second-order valence-corrected chi connectivity index (χ2v) is 5.85. The van der Waals surface area contributed by atoms with Gasteiger partial charge < -0.3 is 10.4 Å². The van der Waals surface area contributed by atoms with Gasteiger partial charge in [0.1, 0.15) is 0 Å². The molecule has 1 aromatic carbocycles. The molecule has 0 bridgehead atoms. The molecule has 1 aliphatic carbocycles. The van der Waals surface area contributed by atoms with Gasteiger partial charge in [0.2, 0.25) is 5.91 Å². The average Bonchev–Trinajstić information content (AvgIpc) is 2.83. The molecule has 0 aliphatic heterocycles. The Morgan fingerprint density at radius 3 is 2.68 bits per heavy atom. The molecule has 0 radical (unpaired) electrons. The first-order valence-electron chi connectivity index (χ1n) is 6.29. The largest absolute Gasteiger partial charge is 0.481 e. The van der Waals surface area contributed by atoms with E-state index >= 15 is 0 Å². The summed E-state index contributed by atoms with van der Waals surface area (Å²) in [5.74, 6) is -2.03. The third-order valence-corrected chi connectivity index (χ3v) is 4.12. The number of nitrogens with one attached hydrogen (secondary N) is 1. The number of hydrogen-bond donors (Lipinski definition) is 2. The summed E-state index contributed by atoms with van der Waals surface area (Å²) >= 11 is 3.36. The molecule has 1 saturated carbocycles. The molecule has 2 atom stereocenters. The molecule has 4 nitrogen and oxygen atoms in total. The van der Waals surface area contributed by atoms with Crippen molar-refractivity contribution in [1.29, 1.82) is 0 Å². The van der Waals surface area contributed by atoms with E-state index in [0.717, 1.165) is 22.1 Å². The highest BCUT2D eigenvalue weighted by Crippen LogP contribution is 2.33. The van der Waals surface area contributed by atoms with Crippen LogP contribution in [-0.4, -0.2) is 17.0 Å². The molecule has 1 amide bonds. The Hall–Kier alpha value is -1.36. The van der Waals surface area contributed by atoms with Gasteiger partial charge in [-0.15, -0.1) is 0 Å². The SMILES string of the molecule is Cc1ccc(Br)cc1NC(=O)C1CCCC1C(=O)O.